The monoisotopic (exact) mass is 333 g/mol. The summed E-state index contributed by atoms with van der Waals surface area (Å²) in [6.45, 7) is 2.52. The molecule has 0 aliphatic rings. The van der Waals surface area contributed by atoms with Gasteiger partial charge in [0.05, 0.1) is 16.9 Å². The normalized spacial score (nSPS) is 10.1. The van der Waals surface area contributed by atoms with Gasteiger partial charge >= 0.3 is 0 Å². The highest BCUT2D eigenvalue weighted by atomic mass is 79.9. The fourth-order valence-electron chi connectivity index (χ4n) is 1.67. The van der Waals surface area contributed by atoms with E-state index in [0.29, 0.717) is 23.5 Å². The summed E-state index contributed by atoms with van der Waals surface area (Å²) in [6, 6.07) is 7.04. The van der Waals surface area contributed by atoms with Crippen molar-refractivity contribution in [3.63, 3.8) is 0 Å². The van der Waals surface area contributed by atoms with Crippen LogP contribution in [-0.4, -0.2) is 15.7 Å². The molecule has 1 amide bonds. The molecule has 2 rings (SSSR count). The van der Waals surface area contributed by atoms with Crippen LogP contribution in [0.5, 0.6) is 0 Å². The zero-order valence-corrected chi connectivity index (χ0v) is 12.3. The van der Waals surface area contributed by atoms with Crippen molar-refractivity contribution in [3.8, 4) is 6.07 Å². The van der Waals surface area contributed by atoms with Crippen molar-refractivity contribution in [1.29, 1.82) is 5.26 Å². The van der Waals surface area contributed by atoms with E-state index in [2.05, 4.69) is 26.3 Å². The Morgan fingerprint density at radius 2 is 2.35 bits per heavy atom. The van der Waals surface area contributed by atoms with Crippen molar-refractivity contribution in [2.24, 2.45) is 0 Å². The second-order valence-electron chi connectivity index (χ2n) is 4.04. The Labute approximate surface area is 124 Å². The Balaban J connectivity index is 2.28. The minimum Gasteiger partial charge on any atom is -0.396 e. The van der Waals surface area contributed by atoms with Crippen LogP contribution >= 0.6 is 15.9 Å². The van der Waals surface area contributed by atoms with Crippen LogP contribution in [0.1, 0.15) is 23.0 Å². The number of anilines is 2. The molecule has 6 nitrogen and oxygen atoms in total. The molecule has 20 heavy (non-hydrogen) atoms. The second kappa shape index (κ2) is 5.75. The van der Waals surface area contributed by atoms with Gasteiger partial charge in [0.15, 0.2) is 5.69 Å². The number of aryl methyl sites for hydroxylation is 1. The number of nitriles is 1. The van der Waals surface area contributed by atoms with Crippen LogP contribution in [0.4, 0.5) is 11.4 Å². The fraction of sp³-hybridized carbons (Fsp3) is 0.154. The van der Waals surface area contributed by atoms with Crippen LogP contribution in [0.15, 0.2) is 28.9 Å². The first kappa shape index (κ1) is 14.1. The summed E-state index contributed by atoms with van der Waals surface area (Å²) in [7, 11) is 0. The van der Waals surface area contributed by atoms with Crippen molar-refractivity contribution in [2.75, 3.05) is 11.1 Å². The summed E-state index contributed by atoms with van der Waals surface area (Å²) in [5, 5.41) is 15.8. The third-order valence-electron chi connectivity index (χ3n) is 2.68. The van der Waals surface area contributed by atoms with Gasteiger partial charge in [0, 0.05) is 17.2 Å². The van der Waals surface area contributed by atoms with Crippen molar-refractivity contribution >= 4 is 33.2 Å². The molecule has 0 spiro atoms. The number of carbonyl (C=O) groups is 1. The van der Waals surface area contributed by atoms with Crippen LogP contribution in [0.25, 0.3) is 0 Å². The summed E-state index contributed by atoms with van der Waals surface area (Å²) < 4.78 is 2.35. The predicted octanol–water partition coefficient (Wildman–Crippen LogP) is 2.37. The van der Waals surface area contributed by atoms with Crippen molar-refractivity contribution in [2.45, 2.75) is 13.5 Å². The summed E-state index contributed by atoms with van der Waals surface area (Å²) >= 11 is 3.27. The fourth-order valence-corrected chi connectivity index (χ4v) is 2.04. The molecule has 0 saturated carbocycles. The molecule has 1 aromatic heterocycles. The van der Waals surface area contributed by atoms with Crippen molar-refractivity contribution in [1.82, 2.24) is 9.78 Å². The van der Waals surface area contributed by atoms with E-state index in [4.69, 9.17) is 11.0 Å². The van der Waals surface area contributed by atoms with Gasteiger partial charge in [-0.2, -0.15) is 10.4 Å². The maximum Gasteiger partial charge on any atom is 0.278 e. The zero-order chi connectivity index (χ0) is 14.7. The number of aromatic nitrogens is 2. The van der Waals surface area contributed by atoms with E-state index in [-0.39, 0.29) is 5.69 Å². The number of nitrogens with zero attached hydrogens (tertiary/aromatic N) is 3. The lowest BCUT2D eigenvalue weighted by Gasteiger charge is -2.06. The molecule has 102 valence electrons. The first-order chi connectivity index (χ1) is 9.55. The van der Waals surface area contributed by atoms with Gasteiger partial charge in [-0.25, -0.2) is 0 Å². The molecule has 0 fully saturated rings. The number of amides is 1. The highest BCUT2D eigenvalue weighted by molar-refractivity contribution is 9.10. The average Bonchev–Trinajstić information content (AvgIpc) is 2.82. The SMILES string of the molecule is CCn1cc(N)c(C(=O)Nc2ccc(Br)cc2C#N)n1. The minimum absolute atomic E-state index is 0.152. The van der Waals surface area contributed by atoms with Crippen LogP contribution in [-0.2, 0) is 6.54 Å². The van der Waals surface area contributed by atoms with E-state index in [1.165, 1.54) is 0 Å². The molecular formula is C13H12BrN5O. The molecule has 0 saturated heterocycles. The molecule has 0 atom stereocenters. The number of nitrogens with two attached hydrogens (primary N) is 1. The maximum atomic E-state index is 12.1. The van der Waals surface area contributed by atoms with E-state index in [1.807, 2.05) is 13.0 Å². The molecule has 1 heterocycles. The number of hydrogen-bond donors (Lipinski definition) is 2. The topological polar surface area (TPSA) is 96.7 Å². The van der Waals surface area contributed by atoms with Gasteiger partial charge in [0.25, 0.3) is 5.91 Å². The molecule has 2 aromatic rings. The van der Waals surface area contributed by atoms with Gasteiger partial charge in [-0.15, -0.1) is 0 Å². The average molecular weight is 334 g/mol. The third kappa shape index (κ3) is 2.81. The molecule has 0 aliphatic carbocycles. The number of benzene rings is 1. The van der Waals surface area contributed by atoms with Crippen molar-refractivity contribution in [3.05, 3.63) is 40.1 Å². The van der Waals surface area contributed by atoms with Crippen LogP contribution < -0.4 is 11.1 Å². The number of rotatable bonds is 3. The van der Waals surface area contributed by atoms with Crippen molar-refractivity contribution < 1.29 is 4.79 Å². The number of hydrogen-bond acceptors (Lipinski definition) is 4. The Morgan fingerprint density at radius 3 is 2.95 bits per heavy atom. The molecule has 0 unspecified atom stereocenters. The van der Waals surface area contributed by atoms with Gasteiger partial charge in [-0.3, -0.25) is 9.48 Å². The van der Waals surface area contributed by atoms with E-state index >= 15 is 0 Å². The Morgan fingerprint density at radius 1 is 1.60 bits per heavy atom. The number of nitrogens with one attached hydrogen (secondary N) is 1. The molecule has 0 aliphatic heterocycles. The number of nitrogen functional groups attached to an aromatic ring is 1. The quantitative estimate of drug-likeness (QED) is 0.900. The zero-order valence-electron chi connectivity index (χ0n) is 10.7. The highest BCUT2D eigenvalue weighted by Crippen LogP contribution is 2.21. The predicted molar refractivity (Wildman–Crippen MR) is 79.1 cm³/mol. The molecular weight excluding hydrogens is 322 g/mol. The Kier molecular flexibility index (Phi) is 4.05. The molecule has 3 N–H and O–H groups in total. The molecule has 0 bridgehead atoms. The maximum absolute atomic E-state index is 12.1. The molecule has 1 aromatic carbocycles. The first-order valence-electron chi connectivity index (χ1n) is 5.89. The van der Waals surface area contributed by atoms with Gasteiger partial charge in [0.2, 0.25) is 0 Å². The summed E-state index contributed by atoms with van der Waals surface area (Å²) in [5.41, 5.74) is 6.99. The van der Waals surface area contributed by atoms with E-state index < -0.39 is 5.91 Å². The van der Waals surface area contributed by atoms with Crippen LogP contribution in [0.3, 0.4) is 0 Å². The summed E-state index contributed by atoms with van der Waals surface area (Å²) in [5.74, 6) is -0.437. The Bertz CT molecular complexity index is 701. The number of halogens is 1. The van der Waals surface area contributed by atoms with Gasteiger partial charge in [0.1, 0.15) is 6.07 Å². The van der Waals surface area contributed by atoms with Gasteiger partial charge in [-0.05, 0) is 25.1 Å². The van der Waals surface area contributed by atoms with Crippen LogP contribution in [0.2, 0.25) is 0 Å². The minimum atomic E-state index is -0.437. The van der Waals surface area contributed by atoms with E-state index in [9.17, 15) is 4.79 Å². The Hall–Kier alpha value is -2.33. The second-order valence-corrected chi connectivity index (χ2v) is 4.96. The van der Waals surface area contributed by atoms with E-state index in [0.717, 1.165) is 4.47 Å². The van der Waals surface area contributed by atoms with Crippen LogP contribution in [0, 0.1) is 11.3 Å². The standard InChI is InChI=1S/C13H12BrN5O/c1-2-19-7-10(16)12(18-19)13(20)17-11-4-3-9(14)5-8(11)6-15/h3-5,7H,2,16H2,1H3,(H,17,20). The lowest BCUT2D eigenvalue weighted by Crippen LogP contribution is -2.15. The van der Waals surface area contributed by atoms with E-state index in [1.54, 1.807) is 29.1 Å². The molecule has 7 heteroatoms. The summed E-state index contributed by atoms with van der Waals surface area (Å²) in [4.78, 5) is 12.1. The van der Waals surface area contributed by atoms with Gasteiger partial charge < -0.3 is 11.1 Å². The third-order valence-corrected chi connectivity index (χ3v) is 3.17. The highest BCUT2D eigenvalue weighted by Gasteiger charge is 2.16. The van der Waals surface area contributed by atoms with Gasteiger partial charge in [-0.1, -0.05) is 15.9 Å². The smallest absolute Gasteiger partial charge is 0.278 e. The summed E-state index contributed by atoms with van der Waals surface area (Å²) in [6.07, 6.45) is 1.60. The largest absolute Gasteiger partial charge is 0.396 e. The lowest BCUT2D eigenvalue weighted by atomic mass is 10.2. The molecule has 0 radical (unpaired) electrons. The first-order valence-corrected chi connectivity index (χ1v) is 6.68. The number of carbonyl (C=O) groups excluding carboxylic acids is 1. The lowest BCUT2D eigenvalue weighted by molar-refractivity contribution is 0.102.